The number of thioether (sulfide) groups is 1. The van der Waals surface area contributed by atoms with Crippen LogP contribution in [0.5, 0.6) is 0 Å². The van der Waals surface area contributed by atoms with Crippen molar-refractivity contribution < 1.29 is 9.18 Å². The number of carbonyl (C=O) groups excluding carboxylic acids is 1. The molecule has 0 aliphatic rings. The molecule has 2 aromatic carbocycles. The van der Waals surface area contributed by atoms with Gasteiger partial charge in [0.05, 0.1) is 16.6 Å². The van der Waals surface area contributed by atoms with E-state index in [2.05, 4.69) is 15.3 Å². The van der Waals surface area contributed by atoms with E-state index in [9.17, 15) is 9.18 Å². The second kappa shape index (κ2) is 8.58. The van der Waals surface area contributed by atoms with E-state index in [1.807, 2.05) is 43.3 Å². The maximum Gasteiger partial charge on any atom is 0.237 e. The van der Waals surface area contributed by atoms with E-state index in [-0.39, 0.29) is 16.8 Å². The fourth-order valence-electron chi connectivity index (χ4n) is 2.41. The summed E-state index contributed by atoms with van der Waals surface area (Å²) in [5.41, 5.74) is 1.97. The van der Waals surface area contributed by atoms with Crippen LogP contribution in [0.3, 0.4) is 0 Å². The summed E-state index contributed by atoms with van der Waals surface area (Å²) < 4.78 is 13.7. The Balaban J connectivity index is 1.74. The van der Waals surface area contributed by atoms with Crippen molar-refractivity contribution in [2.45, 2.75) is 23.6 Å². The van der Waals surface area contributed by atoms with Gasteiger partial charge in [-0.15, -0.1) is 0 Å². The highest BCUT2D eigenvalue weighted by Gasteiger charge is 2.20. The molecule has 0 saturated carbocycles. The molecule has 1 N–H and O–H groups in total. The largest absolute Gasteiger partial charge is 0.323 e. The first-order chi connectivity index (χ1) is 12.7. The zero-order valence-corrected chi connectivity index (χ0v) is 15.0. The number of nitrogens with one attached hydrogen (secondary N) is 1. The minimum absolute atomic E-state index is 0.184. The number of anilines is 1. The van der Waals surface area contributed by atoms with Crippen molar-refractivity contribution in [1.29, 1.82) is 0 Å². The summed E-state index contributed by atoms with van der Waals surface area (Å²) >= 11 is 1.35. The van der Waals surface area contributed by atoms with Gasteiger partial charge in [-0.05, 0) is 24.6 Å². The lowest BCUT2D eigenvalue weighted by atomic mass is 10.1. The fraction of sp³-hybridized carbons (Fsp3) is 0.150. The Kier molecular flexibility index (Phi) is 5.96. The molecule has 0 bridgehead atoms. The van der Waals surface area contributed by atoms with Crippen molar-refractivity contribution in [3.05, 3.63) is 72.8 Å². The summed E-state index contributed by atoms with van der Waals surface area (Å²) in [5.74, 6) is -0.698. The molecular weight excluding hydrogens is 349 g/mol. The average molecular weight is 367 g/mol. The van der Waals surface area contributed by atoms with Gasteiger partial charge in [0.1, 0.15) is 17.2 Å². The molecule has 0 aliphatic heterocycles. The first-order valence-electron chi connectivity index (χ1n) is 8.27. The van der Waals surface area contributed by atoms with Crippen molar-refractivity contribution >= 4 is 23.4 Å². The van der Waals surface area contributed by atoms with Gasteiger partial charge in [0.25, 0.3) is 0 Å². The molecule has 0 aliphatic carbocycles. The summed E-state index contributed by atoms with van der Waals surface area (Å²) in [5, 5.41) is 2.97. The predicted octanol–water partition coefficient (Wildman–Crippen LogP) is 4.79. The summed E-state index contributed by atoms with van der Waals surface area (Å²) in [4.78, 5) is 21.1. The normalized spacial score (nSPS) is 11.8. The molecule has 1 unspecified atom stereocenters. The first kappa shape index (κ1) is 18.1. The SMILES string of the molecule is CCC(Sc1cc(-c2ccccc2)ncn1)C(=O)Nc1ccccc1F. The first-order valence-corrected chi connectivity index (χ1v) is 9.15. The van der Waals surface area contributed by atoms with Crippen LogP contribution in [0.4, 0.5) is 10.1 Å². The Bertz CT molecular complexity index is 889. The smallest absolute Gasteiger partial charge is 0.237 e. The summed E-state index contributed by atoms with van der Waals surface area (Å²) in [6.07, 6.45) is 2.09. The van der Waals surface area contributed by atoms with Crippen molar-refractivity contribution in [3.8, 4) is 11.3 Å². The number of hydrogen-bond acceptors (Lipinski definition) is 4. The number of para-hydroxylation sites is 1. The second-order valence-electron chi connectivity index (χ2n) is 5.59. The number of halogens is 1. The highest BCUT2D eigenvalue weighted by molar-refractivity contribution is 8.00. The van der Waals surface area contributed by atoms with Gasteiger partial charge in [0.2, 0.25) is 5.91 Å². The quantitative estimate of drug-likeness (QED) is 0.503. The van der Waals surface area contributed by atoms with Gasteiger partial charge in [-0.3, -0.25) is 4.79 Å². The molecular formula is C20H18FN3OS. The van der Waals surface area contributed by atoms with Gasteiger partial charge in [0.15, 0.2) is 0 Å². The van der Waals surface area contributed by atoms with Crippen LogP contribution >= 0.6 is 11.8 Å². The standard InChI is InChI=1S/C20H18FN3OS/c1-2-18(20(25)24-16-11-7-6-10-15(16)21)26-19-12-17(22-13-23-19)14-8-4-3-5-9-14/h3-13,18H,2H2,1H3,(H,24,25). The Labute approximate surface area is 155 Å². The lowest BCUT2D eigenvalue weighted by molar-refractivity contribution is -0.115. The molecule has 0 radical (unpaired) electrons. The highest BCUT2D eigenvalue weighted by atomic mass is 32.2. The lowest BCUT2D eigenvalue weighted by Crippen LogP contribution is -2.25. The van der Waals surface area contributed by atoms with Crippen molar-refractivity contribution in [2.75, 3.05) is 5.32 Å². The van der Waals surface area contributed by atoms with Crippen LogP contribution in [0, 0.1) is 5.82 Å². The zero-order chi connectivity index (χ0) is 18.4. The van der Waals surface area contributed by atoms with Crippen LogP contribution in [0.25, 0.3) is 11.3 Å². The molecule has 1 heterocycles. The Morgan fingerprint density at radius 3 is 2.58 bits per heavy atom. The van der Waals surface area contributed by atoms with E-state index < -0.39 is 5.82 Å². The predicted molar refractivity (Wildman–Crippen MR) is 102 cm³/mol. The van der Waals surface area contributed by atoms with Crippen LogP contribution in [0.2, 0.25) is 0 Å². The number of nitrogens with zero attached hydrogens (tertiary/aromatic N) is 2. The molecule has 4 nitrogen and oxygen atoms in total. The maximum atomic E-state index is 13.7. The van der Waals surface area contributed by atoms with Crippen molar-refractivity contribution in [2.24, 2.45) is 0 Å². The number of benzene rings is 2. The number of rotatable bonds is 6. The van der Waals surface area contributed by atoms with E-state index in [1.54, 1.807) is 18.2 Å². The van der Waals surface area contributed by atoms with E-state index in [0.29, 0.717) is 11.4 Å². The fourth-order valence-corrected chi connectivity index (χ4v) is 3.33. The molecule has 0 spiro atoms. The van der Waals surface area contributed by atoms with Gasteiger partial charge in [-0.25, -0.2) is 14.4 Å². The molecule has 3 aromatic rings. The molecule has 1 amide bonds. The van der Waals surface area contributed by atoms with Gasteiger partial charge in [0, 0.05) is 5.56 Å². The van der Waals surface area contributed by atoms with Crippen LogP contribution in [-0.2, 0) is 4.79 Å². The molecule has 3 rings (SSSR count). The number of carbonyl (C=O) groups is 1. The van der Waals surface area contributed by atoms with Crippen molar-refractivity contribution in [3.63, 3.8) is 0 Å². The second-order valence-corrected chi connectivity index (χ2v) is 6.81. The molecule has 0 saturated heterocycles. The Morgan fingerprint density at radius 2 is 1.85 bits per heavy atom. The average Bonchev–Trinajstić information content (AvgIpc) is 2.68. The monoisotopic (exact) mass is 367 g/mol. The van der Waals surface area contributed by atoms with Crippen molar-refractivity contribution in [1.82, 2.24) is 9.97 Å². The summed E-state index contributed by atoms with van der Waals surface area (Å²) in [6.45, 7) is 1.91. The highest BCUT2D eigenvalue weighted by Crippen LogP contribution is 2.27. The number of aromatic nitrogens is 2. The lowest BCUT2D eigenvalue weighted by Gasteiger charge is -2.15. The topological polar surface area (TPSA) is 54.9 Å². The summed E-state index contributed by atoms with van der Waals surface area (Å²) in [6, 6.07) is 17.8. The molecule has 132 valence electrons. The van der Waals surface area contributed by atoms with Gasteiger partial charge < -0.3 is 5.32 Å². The third kappa shape index (κ3) is 4.46. The number of hydrogen-bond donors (Lipinski definition) is 1. The molecule has 0 fully saturated rings. The minimum atomic E-state index is -0.450. The van der Waals surface area contributed by atoms with Crippen LogP contribution in [0.1, 0.15) is 13.3 Å². The Hall–Kier alpha value is -2.73. The van der Waals surface area contributed by atoms with Gasteiger partial charge in [-0.1, -0.05) is 61.2 Å². The van der Waals surface area contributed by atoms with Gasteiger partial charge >= 0.3 is 0 Å². The molecule has 26 heavy (non-hydrogen) atoms. The maximum absolute atomic E-state index is 13.7. The van der Waals surface area contributed by atoms with Crippen LogP contribution in [0.15, 0.2) is 72.0 Å². The number of amides is 1. The van der Waals surface area contributed by atoms with Crippen LogP contribution in [-0.4, -0.2) is 21.1 Å². The zero-order valence-electron chi connectivity index (χ0n) is 14.2. The van der Waals surface area contributed by atoms with E-state index in [0.717, 1.165) is 11.3 Å². The Morgan fingerprint density at radius 1 is 1.12 bits per heavy atom. The molecule has 1 atom stereocenters. The van der Waals surface area contributed by atoms with E-state index in [4.69, 9.17) is 0 Å². The third-order valence-corrected chi connectivity index (χ3v) is 5.07. The minimum Gasteiger partial charge on any atom is -0.323 e. The van der Waals surface area contributed by atoms with Crippen LogP contribution < -0.4 is 5.32 Å². The van der Waals surface area contributed by atoms with Gasteiger partial charge in [-0.2, -0.15) is 0 Å². The summed E-state index contributed by atoms with van der Waals surface area (Å²) in [7, 11) is 0. The molecule has 1 aromatic heterocycles. The van der Waals surface area contributed by atoms with E-state index >= 15 is 0 Å². The third-order valence-electron chi connectivity index (χ3n) is 3.77. The molecule has 6 heteroatoms. The van der Waals surface area contributed by atoms with E-state index in [1.165, 1.54) is 24.2 Å².